The Morgan fingerprint density at radius 1 is 1.14 bits per heavy atom. The minimum absolute atomic E-state index is 0.00760. The number of piperidine rings is 1. The van der Waals surface area contributed by atoms with Gasteiger partial charge in [-0.05, 0) is 45.1 Å². The van der Waals surface area contributed by atoms with E-state index in [-0.39, 0.29) is 24.6 Å². The number of nitrogens with zero attached hydrogens (tertiary/aromatic N) is 3. The molecule has 0 bridgehead atoms. The summed E-state index contributed by atoms with van der Waals surface area (Å²) in [5.74, 6) is -0.00760. The lowest BCUT2D eigenvalue weighted by Gasteiger charge is -2.41. The first kappa shape index (κ1) is 26.4. The van der Waals surface area contributed by atoms with E-state index >= 15 is 0 Å². The monoisotopic (exact) mass is 509 g/mol. The van der Waals surface area contributed by atoms with Crippen LogP contribution in [0.25, 0.3) is 11.3 Å². The number of nitrogens with one attached hydrogen (secondary N) is 2. The number of imidazole rings is 1. The Morgan fingerprint density at radius 3 is 2.76 bits per heavy atom. The maximum Gasteiger partial charge on any atom is 0.275 e. The van der Waals surface area contributed by atoms with Crippen molar-refractivity contribution < 1.29 is 14.6 Å². The summed E-state index contributed by atoms with van der Waals surface area (Å²) in [4.78, 5) is 20.9. The largest absolute Gasteiger partial charge is 0.385 e. The number of aliphatic hydroxyl groups is 1. The van der Waals surface area contributed by atoms with Crippen molar-refractivity contribution in [1.29, 1.82) is 0 Å². The van der Waals surface area contributed by atoms with E-state index in [1.165, 1.54) is 19.3 Å². The summed E-state index contributed by atoms with van der Waals surface area (Å²) in [5.41, 5.74) is 1.26. The lowest BCUT2D eigenvalue weighted by Crippen LogP contribution is -2.54. The number of carbonyl (C=O) groups excluding carboxylic acids is 1. The molecule has 1 aromatic carbocycles. The highest BCUT2D eigenvalue weighted by molar-refractivity contribution is 5.98. The molecule has 2 aromatic rings. The van der Waals surface area contributed by atoms with Gasteiger partial charge in [0.25, 0.3) is 5.91 Å². The molecule has 37 heavy (non-hydrogen) atoms. The van der Waals surface area contributed by atoms with E-state index in [1.807, 2.05) is 35.2 Å². The highest BCUT2D eigenvalue weighted by Crippen LogP contribution is 2.41. The molecule has 1 aliphatic carbocycles. The van der Waals surface area contributed by atoms with Gasteiger partial charge < -0.3 is 29.9 Å². The quantitative estimate of drug-likeness (QED) is 0.505. The van der Waals surface area contributed by atoms with Gasteiger partial charge in [0, 0.05) is 44.4 Å². The van der Waals surface area contributed by atoms with Crippen molar-refractivity contribution in [2.75, 3.05) is 39.9 Å². The third-order valence-electron chi connectivity index (χ3n) is 8.60. The summed E-state index contributed by atoms with van der Waals surface area (Å²) < 4.78 is 7.51. The zero-order valence-electron chi connectivity index (χ0n) is 22.2. The molecule has 1 saturated carbocycles. The van der Waals surface area contributed by atoms with Crippen LogP contribution in [0, 0.1) is 0 Å². The van der Waals surface area contributed by atoms with Gasteiger partial charge in [-0.15, -0.1) is 0 Å². The van der Waals surface area contributed by atoms with Crippen LogP contribution in [0.5, 0.6) is 0 Å². The van der Waals surface area contributed by atoms with Gasteiger partial charge in [0.15, 0.2) is 5.69 Å². The van der Waals surface area contributed by atoms with Crippen molar-refractivity contribution in [1.82, 2.24) is 25.1 Å². The molecule has 1 amide bonds. The molecule has 3 fully saturated rings. The fourth-order valence-corrected chi connectivity index (χ4v) is 6.64. The second kappa shape index (κ2) is 12.1. The first-order valence-electron chi connectivity index (χ1n) is 14.2. The summed E-state index contributed by atoms with van der Waals surface area (Å²) in [6.07, 6.45) is 11.1. The fraction of sp³-hybridized carbons (Fsp3) is 0.655. The maximum absolute atomic E-state index is 14.2. The van der Waals surface area contributed by atoms with E-state index < -0.39 is 5.60 Å². The van der Waals surface area contributed by atoms with Gasteiger partial charge in [0.05, 0.1) is 24.7 Å². The smallest absolute Gasteiger partial charge is 0.275 e. The maximum atomic E-state index is 14.2. The molecule has 5 rings (SSSR count). The molecule has 8 heteroatoms. The molecule has 2 saturated heterocycles. The Hall–Kier alpha value is -2.26. The molecule has 1 aromatic heterocycles. The van der Waals surface area contributed by atoms with Crippen LogP contribution >= 0.6 is 0 Å². The number of ether oxygens (including phenoxy) is 1. The number of hydrogen-bond acceptors (Lipinski definition) is 6. The molecule has 0 spiro atoms. The Labute approximate surface area is 220 Å². The van der Waals surface area contributed by atoms with Gasteiger partial charge >= 0.3 is 0 Å². The Morgan fingerprint density at radius 2 is 1.97 bits per heavy atom. The summed E-state index contributed by atoms with van der Waals surface area (Å²) in [6, 6.07) is 10.6. The number of aromatic nitrogens is 2. The number of benzene rings is 1. The van der Waals surface area contributed by atoms with E-state index in [4.69, 9.17) is 9.72 Å². The molecule has 4 atom stereocenters. The third kappa shape index (κ3) is 5.77. The summed E-state index contributed by atoms with van der Waals surface area (Å²) >= 11 is 0. The van der Waals surface area contributed by atoms with Crippen LogP contribution < -0.4 is 10.6 Å². The standard InChI is InChI=1S/C29H43N5O3/c1-37-20-29(36)15-7-5-12-25(29)34-21-32-26(27(34)22-9-3-2-4-10-22)28(35)33-18-17-30-19-24(33)14-13-23-11-6-8-16-31-23/h2-4,9-10,21,23-25,30-31,36H,5-8,11-20H2,1H3. The SMILES string of the molecule is COCC1(O)CCCCC1n1cnc(C(=O)N2CCNCC2CCC2CCCCN2)c1-c1ccccc1. The minimum Gasteiger partial charge on any atom is -0.385 e. The van der Waals surface area contributed by atoms with Gasteiger partial charge in [0.2, 0.25) is 0 Å². The average molecular weight is 510 g/mol. The summed E-state index contributed by atoms with van der Waals surface area (Å²) in [6.45, 7) is 3.66. The van der Waals surface area contributed by atoms with Gasteiger partial charge in [-0.2, -0.15) is 0 Å². The zero-order chi connectivity index (χ0) is 25.7. The van der Waals surface area contributed by atoms with E-state index in [2.05, 4.69) is 15.2 Å². The second-order valence-corrected chi connectivity index (χ2v) is 11.1. The van der Waals surface area contributed by atoms with Crippen LogP contribution in [0.4, 0.5) is 0 Å². The van der Waals surface area contributed by atoms with Gasteiger partial charge in [-0.1, -0.05) is 49.6 Å². The molecular weight excluding hydrogens is 466 g/mol. The molecule has 8 nitrogen and oxygen atoms in total. The number of piperazine rings is 1. The lowest BCUT2D eigenvalue weighted by atomic mass is 9.80. The molecule has 3 heterocycles. The van der Waals surface area contributed by atoms with E-state index in [1.54, 1.807) is 13.4 Å². The number of carbonyl (C=O) groups is 1. The summed E-state index contributed by atoms with van der Waals surface area (Å²) in [5, 5.41) is 18.8. The van der Waals surface area contributed by atoms with Crippen molar-refractivity contribution in [3.8, 4) is 11.3 Å². The van der Waals surface area contributed by atoms with Gasteiger partial charge in [-0.25, -0.2) is 4.98 Å². The Balaban J connectivity index is 1.45. The second-order valence-electron chi connectivity index (χ2n) is 11.1. The van der Waals surface area contributed by atoms with E-state index in [0.29, 0.717) is 24.7 Å². The molecule has 3 aliphatic rings. The fourth-order valence-electron chi connectivity index (χ4n) is 6.64. The van der Waals surface area contributed by atoms with Gasteiger partial charge in [0.1, 0.15) is 5.60 Å². The highest BCUT2D eigenvalue weighted by atomic mass is 16.5. The number of rotatable bonds is 8. The molecule has 0 radical (unpaired) electrons. The first-order valence-corrected chi connectivity index (χ1v) is 14.2. The van der Waals surface area contributed by atoms with E-state index in [0.717, 1.165) is 63.0 Å². The number of methoxy groups -OCH3 is 1. The van der Waals surface area contributed by atoms with Gasteiger partial charge in [-0.3, -0.25) is 4.79 Å². The predicted octanol–water partition coefficient (Wildman–Crippen LogP) is 3.38. The lowest BCUT2D eigenvalue weighted by molar-refractivity contribution is -0.0893. The van der Waals surface area contributed by atoms with Crippen molar-refractivity contribution in [2.45, 2.75) is 81.5 Å². The summed E-state index contributed by atoms with van der Waals surface area (Å²) in [7, 11) is 1.64. The van der Waals surface area contributed by atoms with Crippen molar-refractivity contribution in [2.24, 2.45) is 0 Å². The Kier molecular flexibility index (Phi) is 8.60. The molecule has 202 valence electrons. The topological polar surface area (TPSA) is 91.6 Å². The first-order chi connectivity index (χ1) is 18.1. The van der Waals surface area contributed by atoms with Crippen LogP contribution in [-0.4, -0.2) is 83.0 Å². The predicted molar refractivity (Wildman–Crippen MR) is 145 cm³/mol. The number of hydrogen-bond donors (Lipinski definition) is 3. The molecule has 2 aliphatic heterocycles. The molecule has 4 unspecified atom stereocenters. The van der Waals surface area contributed by atoms with Crippen molar-refractivity contribution in [3.63, 3.8) is 0 Å². The van der Waals surface area contributed by atoms with Crippen LogP contribution in [0.3, 0.4) is 0 Å². The molecular formula is C29H43N5O3. The van der Waals surface area contributed by atoms with Crippen LogP contribution in [0.15, 0.2) is 36.7 Å². The van der Waals surface area contributed by atoms with Crippen LogP contribution in [0.1, 0.15) is 74.3 Å². The normalized spacial score (nSPS) is 28.8. The van der Waals surface area contributed by atoms with Crippen molar-refractivity contribution >= 4 is 5.91 Å². The van der Waals surface area contributed by atoms with Crippen LogP contribution in [-0.2, 0) is 4.74 Å². The highest BCUT2D eigenvalue weighted by Gasteiger charge is 2.42. The molecule has 3 N–H and O–H groups in total. The Bertz CT molecular complexity index is 1020. The zero-order valence-corrected chi connectivity index (χ0v) is 22.2. The average Bonchev–Trinajstić information content (AvgIpc) is 3.38. The minimum atomic E-state index is -0.984. The third-order valence-corrected chi connectivity index (χ3v) is 8.60. The van der Waals surface area contributed by atoms with Crippen LogP contribution in [0.2, 0.25) is 0 Å². The number of amides is 1. The van der Waals surface area contributed by atoms with Crippen molar-refractivity contribution in [3.05, 3.63) is 42.4 Å². The van der Waals surface area contributed by atoms with E-state index in [9.17, 15) is 9.90 Å².